The van der Waals surface area contributed by atoms with Crippen LogP contribution in [0.1, 0.15) is 16.8 Å². The van der Waals surface area contributed by atoms with Gasteiger partial charge in [-0.05, 0) is 24.6 Å². The number of carbonyl (C=O) groups excluding carboxylic acids is 1. The van der Waals surface area contributed by atoms with E-state index in [1.54, 1.807) is 6.07 Å². The number of amides is 1. The molecule has 132 valence electrons. The van der Waals surface area contributed by atoms with Crippen molar-refractivity contribution in [3.8, 4) is 11.5 Å². The number of hydrogen-bond acceptors (Lipinski definition) is 5. The zero-order chi connectivity index (χ0) is 17.1. The van der Waals surface area contributed by atoms with Crippen LogP contribution in [-0.2, 0) is 0 Å². The van der Waals surface area contributed by atoms with Crippen LogP contribution >= 0.6 is 0 Å². The van der Waals surface area contributed by atoms with E-state index in [9.17, 15) is 4.79 Å². The first-order valence-electron chi connectivity index (χ1n) is 8.72. The number of hydrogen-bond donors (Lipinski definition) is 0. The molecule has 1 atom stereocenters. The molecule has 1 aromatic carbocycles. The second-order valence-electron chi connectivity index (χ2n) is 6.46. The molecule has 0 saturated carbocycles. The van der Waals surface area contributed by atoms with Crippen molar-refractivity contribution >= 4 is 5.91 Å². The fourth-order valence-electron chi connectivity index (χ4n) is 3.37. The SMILES string of the molecule is O=C(c1ccoc1)N1CCCN(C[C@@H]2COc3ccccc3O2)CC1. The fourth-order valence-corrected chi connectivity index (χ4v) is 3.37. The number of carbonyl (C=O) groups is 1. The lowest BCUT2D eigenvalue weighted by Gasteiger charge is -2.30. The Balaban J connectivity index is 1.32. The predicted molar refractivity (Wildman–Crippen MR) is 92.0 cm³/mol. The van der Waals surface area contributed by atoms with Gasteiger partial charge in [0.2, 0.25) is 0 Å². The molecule has 6 nitrogen and oxygen atoms in total. The maximum atomic E-state index is 12.5. The molecule has 1 aromatic heterocycles. The van der Waals surface area contributed by atoms with Crippen LogP contribution in [0, 0.1) is 0 Å². The Kier molecular flexibility index (Phi) is 4.61. The van der Waals surface area contributed by atoms with Crippen LogP contribution in [0.15, 0.2) is 47.3 Å². The number of ether oxygens (including phenoxy) is 2. The van der Waals surface area contributed by atoms with Gasteiger partial charge in [-0.1, -0.05) is 12.1 Å². The number of fused-ring (bicyclic) bond motifs is 1. The summed E-state index contributed by atoms with van der Waals surface area (Å²) in [5.41, 5.74) is 0.620. The number of benzene rings is 1. The Bertz CT molecular complexity index is 716. The molecule has 1 saturated heterocycles. The molecule has 2 aromatic rings. The first kappa shape index (κ1) is 16.0. The Labute approximate surface area is 146 Å². The molecule has 2 aliphatic rings. The van der Waals surface area contributed by atoms with E-state index in [1.807, 2.05) is 29.2 Å². The molecule has 2 aliphatic heterocycles. The normalized spacial score (nSPS) is 21.0. The molecule has 1 amide bonds. The molecular weight excluding hydrogens is 320 g/mol. The molecule has 0 radical (unpaired) electrons. The lowest BCUT2D eigenvalue weighted by atomic mass is 10.2. The monoisotopic (exact) mass is 342 g/mol. The Morgan fingerprint density at radius 1 is 1.08 bits per heavy atom. The smallest absolute Gasteiger partial charge is 0.257 e. The van der Waals surface area contributed by atoms with E-state index in [2.05, 4.69) is 4.90 Å². The maximum absolute atomic E-state index is 12.5. The largest absolute Gasteiger partial charge is 0.486 e. The van der Waals surface area contributed by atoms with Crippen LogP contribution in [-0.4, -0.2) is 61.1 Å². The summed E-state index contributed by atoms with van der Waals surface area (Å²) in [6.07, 6.45) is 4.02. The van der Waals surface area contributed by atoms with E-state index >= 15 is 0 Å². The average Bonchev–Trinajstić information content (AvgIpc) is 3.08. The van der Waals surface area contributed by atoms with Crippen LogP contribution in [0.3, 0.4) is 0 Å². The second kappa shape index (κ2) is 7.19. The minimum absolute atomic E-state index is 0.0195. The first-order valence-corrected chi connectivity index (χ1v) is 8.72. The van der Waals surface area contributed by atoms with Gasteiger partial charge in [0.1, 0.15) is 19.0 Å². The van der Waals surface area contributed by atoms with Gasteiger partial charge in [-0.3, -0.25) is 9.69 Å². The van der Waals surface area contributed by atoms with Gasteiger partial charge in [-0.2, -0.15) is 0 Å². The van der Waals surface area contributed by atoms with E-state index in [0.717, 1.165) is 44.1 Å². The summed E-state index contributed by atoms with van der Waals surface area (Å²) in [7, 11) is 0. The third kappa shape index (κ3) is 3.64. The van der Waals surface area contributed by atoms with E-state index < -0.39 is 0 Å². The first-order chi connectivity index (χ1) is 12.3. The third-order valence-electron chi connectivity index (χ3n) is 4.67. The van der Waals surface area contributed by atoms with Gasteiger partial charge in [0, 0.05) is 32.7 Å². The molecule has 3 heterocycles. The summed E-state index contributed by atoms with van der Waals surface area (Å²) >= 11 is 0. The minimum Gasteiger partial charge on any atom is -0.486 e. The summed E-state index contributed by atoms with van der Waals surface area (Å²) in [5, 5.41) is 0. The van der Waals surface area contributed by atoms with Crippen molar-refractivity contribution in [2.24, 2.45) is 0 Å². The summed E-state index contributed by atoms with van der Waals surface area (Å²) in [6, 6.07) is 9.49. The predicted octanol–water partition coefficient (Wildman–Crippen LogP) is 2.27. The van der Waals surface area contributed by atoms with Crippen LogP contribution in [0.2, 0.25) is 0 Å². The molecule has 0 N–H and O–H groups in total. The molecular formula is C19H22N2O4. The Hall–Kier alpha value is -2.47. The van der Waals surface area contributed by atoms with Gasteiger partial charge in [-0.25, -0.2) is 0 Å². The molecule has 0 unspecified atom stereocenters. The van der Waals surface area contributed by atoms with Crippen molar-refractivity contribution in [2.45, 2.75) is 12.5 Å². The van der Waals surface area contributed by atoms with Crippen LogP contribution in [0.4, 0.5) is 0 Å². The van der Waals surface area contributed by atoms with Crippen LogP contribution < -0.4 is 9.47 Å². The second-order valence-corrected chi connectivity index (χ2v) is 6.46. The minimum atomic E-state index is 0.0195. The number of para-hydroxylation sites is 2. The van der Waals surface area contributed by atoms with Gasteiger partial charge in [-0.15, -0.1) is 0 Å². The molecule has 25 heavy (non-hydrogen) atoms. The lowest BCUT2D eigenvalue weighted by molar-refractivity contribution is 0.0588. The van der Waals surface area contributed by atoms with Crippen molar-refractivity contribution < 1.29 is 18.7 Å². The molecule has 0 spiro atoms. The molecule has 0 aliphatic carbocycles. The van der Waals surface area contributed by atoms with Crippen molar-refractivity contribution in [1.29, 1.82) is 0 Å². The van der Waals surface area contributed by atoms with Crippen LogP contribution in [0.25, 0.3) is 0 Å². The van der Waals surface area contributed by atoms with E-state index in [-0.39, 0.29) is 12.0 Å². The summed E-state index contributed by atoms with van der Waals surface area (Å²) in [5.74, 6) is 1.67. The topological polar surface area (TPSA) is 55.2 Å². The van der Waals surface area contributed by atoms with Gasteiger partial charge in [0.05, 0.1) is 11.8 Å². The lowest BCUT2D eigenvalue weighted by Crippen LogP contribution is -2.42. The molecule has 1 fully saturated rings. The highest BCUT2D eigenvalue weighted by Crippen LogP contribution is 2.31. The highest BCUT2D eigenvalue weighted by Gasteiger charge is 2.26. The van der Waals surface area contributed by atoms with Gasteiger partial charge in [0.25, 0.3) is 5.91 Å². The Morgan fingerprint density at radius 3 is 2.80 bits per heavy atom. The highest BCUT2D eigenvalue weighted by atomic mass is 16.6. The molecule has 0 bridgehead atoms. The third-order valence-corrected chi connectivity index (χ3v) is 4.67. The zero-order valence-corrected chi connectivity index (χ0v) is 14.1. The Morgan fingerprint density at radius 2 is 1.96 bits per heavy atom. The average molecular weight is 342 g/mol. The van der Waals surface area contributed by atoms with Crippen LogP contribution in [0.5, 0.6) is 11.5 Å². The summed E-state index contributed by atoms with van der Waals surface area (Å²) < 4.78 is 16.9. The van der Waals surface area contributed by atoms with Gasteiger partial charge >= 0.3 is 0 Å². The number of furan rings is 1. The van der Waals surface area contributed by atoms with E-state index in [4.69, 9.17) is 13.9 Å². The van der Waals surface area contributed by atoms with Crippen molar-refractivity contribution in [2.75, 3.05) is 39.3 Å². The maximum Gasteiger partial charge on any atom is 0.257 e. The standard InChI is InChI=1S/C19H22N2O4/c22-19(15-6-11-23-13-15)21-8-3-7-20(9-10-21)12-16-14-24-17-4-1-2-5-18(17)25-16/h1-2,4-6,11,13,16H,3,7-10,12,14H2/t16-/m1/s1. The van der Waals surface area contributed by atoms with E-state index in [1.165, 1.54) is 12.5 Å². The van der Waals surface area contributed by atoms with Crippen molar-refractivity contribution in [1.82, 2.24) is 9.80 Å². The van der Waals surface area contributed by atoms with Crippen molar-refractivity contribution in [3.05, 3.63) is 48.4 Å². The summed E-state index contributed by atoms with van der Waals surface area (Å²) in [6.45, 7) is 4.65. The fraction of sp³-hybridized carbons (Fsp3) is 0.421. The summed E-state index contributed by atoms with van der Waals surface area (Å²) in [4.78, 5) is 16.7. The molecule has 6 heteroatoms. The van der Waals surface area contributed by atoms with Gasteiger partial charge in [0.15, 0.2) is 11.5 Å². The quantitative estimate of drug-likeness (QED) is 0.856. The van der Waals surface area contributed by atoms with Crippen molar-refractivity contribution in [3.63, 3.8) is 0 Å². The highest BCUT2D eigenvalue weighted by molar-refractivity contribution is 5.93. The van der Waals surface area contributed by atoms with Gasteiger partial charge < -0.3 is 18.8 Å². The zero-order valence-electron chi connectivity index (χ0n) is 14.1. The number of nitrogens with zero attached hydrogens (tertiary/aromatic N) is 2. The number of rotatable bonds is 3. The molecule has 4 rings (SSSR count). The van der Waals surface area contributed by atoms with E-state index in [0.29, 0.717) is 18.7 Å².